The molecule has 0 radical (unpaired) electrons. The second kappa shape index (κ2) is 5.64. The lowest BCUT2D eigenvalue weighted by atomic mass is 10.1. The number of nitrogens with zero attached hydrogens (tertiary/aromatic N) is 1. The fourth-order valence-corrected chi connectivity index (χ4v) is 3.41. The second-order valence-corrected chi connectivity index (χ2v) is 6.49. The van der Waals surface area contributed by atoms with E-state index in [2.05, 4.69) is 4.72 Å². The number of anilines is 2. The summed E-state index contributed by atoms with van der Waals surface area (Å²) >= 11 is 5.93. The summed E-state index contributed by atoms with van der Waals surface area (Å²) < 4.78 is 27.2. The van der Waals surface area contributed by atoms with Gasteiger partial charge in [-0.15, -0.1) is 0 Å². The number of benzene rings is 2. The molecule has 0 unspecified atom stereocenters. The number of nitrogen functional groups attached to an aromatic ring is 1. The van der Waals surface area contributed by atoms with Crippen molar-refractivity contribution in [3.8, 4) is 6.07 Å². The van der Waals surface area contributed by atoms with Gasteiger partial charge in [-0.05, 0) is 42.8 Å². The van der Waals surface area contributed by atoms with Gasteiger partial charge in [0.15, 0.2) is 0 Å². The van der Waals surface area contributed by atoms with Gasteiger partial charge < -0.3 is 5.73 Å². The lowest BCUT2D eigenvalue weighted by molar-refractivity contribution is 0.601. The van der Waals surface area contributed by atoms with E-state index in [0.29, 0.717) is 22.5 Å². The molecule has 0 spiro atoms. The topological polar surface area (TPSA) is 96.0 Å². The van der Waals surface area contributed by atoms with E-state index in [1.165, 1.54) is 24.3 Å². The third-order valence-corrected chi connectivity index (χ3v) is 4.70. The fourth-order valence-electron chi connectivity index (χ4n) is 1.74. The molecule has 0 atom stereocenters. The molecule has 3 N–H and O–H groups in total. The maximum absolute atomic E-state index is 12.4. The summed E-state index contributed by atoms with van der Waals surface area (Å²) in [4.78, 5) is -0.0693. The van der Waals surface area contributed by atoms with Crippen LogP contribution in [0.15, 0.2) is 41.3 Å². The Morgan fingerprint density at radius 1 is 1.24 bits per heavy atom. The van der Waals surface area contributed by atoms with Crippen LogP contribution in [-0.2, 0) is 10.0 Å². The van der Waals surface area contributed by atoms with Crippen molar-refractivity contribution in [1.29, 1.82) is 5.26 Å². The number of hydrogen-bond acceptors (Lipinski definition) is 4. The van der Waals surface area contributed by atoms with E-state index in [1.807, 2.05) is 6.07 Å². The Morgan fingerprint density at radius 2 is 1.95 bits per heavy atom. The predicted octanol–water partition coefficient (Wildman–Crippen LogP) is 2.90. The Morgan fingerprint density at radius 3 is 2.57 bits per heavy atom. The Balaban J connectivity index is 2.45. The molecule has 0 aliphatic rings. The van der Waals surface area contributed by atoms with Crippen LogP contribution in [0, 0.1) is 18.3 Å². The number of sulfonamides is 1. The quantitative estimate of drug-likeness (QED) is 0.849. The van der Waals surface area contributed by atoms with E-state index in [1.54, 1.807) is 19.1 Å². The molecule has 0 saturated heterocycles. The number of hydrogen-bond donors (Lipinski definition) is 2. The molecule has 0 saturated carbocycles. The summed E-state index contributed by atoms with van der Waals surface area (Å²) in [7, 11) is -3.86. The van der Waals surface area contributed by atoms with E-state index >= 15 is 0 Å². The number of nitrogens with two attached hydrogens (primary N) is 1. The number of aryl methyl sites for hydroxylation is 1. The Bertz CT molecular complexity index is 842. The van der Waals surface area contributed by atoms with Crippen molar-refractivity contribution < 1.29 is 8.42 Å². The highest BCUT2D eigenvalue weighted by Crippen LogP contribution is 2.27. The second-order valence-electron chi connectivity index (χ2n) is 4.44. The standard InChI is InChI=1S/C14H12ClN3O2S/c1-9-2-3-10(8-16)6-13(9)18-21(19,20)14-5-4-11(17)7-12(14)15/h2-7,18H,17H2,1H3. The van der Waals surface area contributed by atoms with Gasteiger partial charge in [-0.3, -0.25) is 4.72 Å². The average Bonchev–Trinajstić information content (AvgIpc) is 2.40. The van der Waals surface area contributed by atoms with E-state index < -0.39 is 10.0 Å². The Labute approximate surface area is 128 Å². The fraction of sp³-hybridized carbons (Fsp3) is 0.0714. The first-order valence-corrected chi connectivity index (χ1v) is 7.78. The van der Waals surface area contributed by atoms with Crippen LogP contribution in [0.2, 0.25) is 5.02 Å². The van der Waals surface area contributed by atoms with Crippen molar-refractivity contribution in [2.45, 2.75) is 11.8 Å². The zero-order valence-corrected chi connectivity index (χ0v) is 12.7. The van der Waals surface area contributed by atoms with E-state index in [0.717, 1.165) is 0 Å². The molecule has 0 aromatic heterocycles. The highest BCUT2D eigenvalue weighted by atomic mass is 35.5. The van der Waals surface area contributed by atoms with Crippen molar-refractivity contribution in [3.63, 3.8) is 0 Å². The van der Waals surface area contributed by atoms with Crippen LogP contribution in [0.3, 0.4) is 0 Å². The zero-order chi connectivity index (χ0) is 15.6. The monoisotopic (exact) mass is 321 g/mol. The number of nitrogens with one attached hydrogen (secondary N) is 1. The van der Waals surface area contributed by atoms with E-state index in [4.69, 9.17) is 22.6 Å². The minimum absolute atomic E-state index is 0.0385. The first kappa shape index (κ1) is 15.2. The number of halogens is 1. The molecule has 0 aliphatic carbocycles. The molecule has 2 rings (SSSR count). The lowest BCUT2D eigenvalue weighted by Crippen LogP contribution is -2.14. The largest absolute Gasteiger partial charge is 0.399 e. The van der Waals surface area contributed by atoms with Crippen LogP contribution in [0.25, 0.3) is 0 Å². The van der Waals surface area contributed by atoms with Crippen LogP contribution < -0.4 is 10.5 Å². The highest BCUT2D eigenvalue weighted by Gasteiger charge is 2.19. The van der Waals surface area contributed by atoms with Crippen LogP contribution in [0.5, 0.6) is 0 Å². The number of rotatable bonds is 3. The van der Waals surface area contributed by atoms with Crippen molar-refractivity contribution in [2.24, 2.45) is 0 Å². The minimum Gasteiger partial charge on any atom is -0.399 e. The highest BCUT2D eigenvalue weighted by molar-refractivity contribution is 7.92. The van der Waals surface area contributed by atoms with Crippen molar-refractivity contribution in [1.82, 2.24) is 0 Å². The zero-order valence-electron chi connectivity index (χ0n) is 11.1. The molecule has 0 fully saturated rings. The van der Waals surface area contributed by atoms with Gasteiger partial charge in [0.25, 0.3) is 10.0 Å². The summed E-state index contributed by atoms with van der Waals surface area (Å²) in [6.45, 7) is 1.74. The summed E-state index contributed by atoms with van der Waals surface area (Å²) in [5.74, 6) is 0. The van der Waals surface area contributed by atoms with Crippen LogP contribution in [0.4, 0.5) is 11.4 Å². The molecule has 7 heteroatoms. The van der Waals surface area contributed by atoms with Crippen molar-refractivity contribution in [2.75, 3.05) is 10.5 Å². The van der Waals surface area contributed by atoms with Crippen molar-refractivity contribution in [3.05, 3.63) is 52.5 Å². The van der Waals surface area contributed by atoms with Gasteiger partial charge in [-0.25, -0.2) is 8.42 Å². The summed E-state index contributed by atoms with van der Waals surface area (Å²) in [5, 5.41) is 8.92. The number of nitriles is 1. The first-order chi connectivity index (χ1) is 9.83. The average molecular weight is 322 g/mol. The smallest absolute Gasteiger partial charge is 0.263 e. The Kier molecular flexibility index (Phi) is 4.07. The van der Waals surface area contributed by atoms with E-state index in [-0.39, 0.29) is 9.92 Å². The predicted molar refractivity (Wildman–Crippen MR) is 82.6 cm³/mol. The van der Waals surface area contributed by atoms with Crippen molar-refractivity contribution >= 4 is 33.0 Å². The molecule has 5 nitrogen and oxygen atoms in total. The molecular weight excluding hydrogens is 310 g/mol. The molecule has 0 amide bonds. The Hall–Kier alpha value is -2.23. The van der Waals surface area contributed by atoms with Gasteiger partial charge in [0.05, 0.1) is 22.3 Å². The molecule has 2 aromatic rings. The van der Waals surface area contributed by atoms with E-state index in [9.17, 15) is 8.42 Å². The van der Waals surface area contributed by atoms with Gasteiger partial charge in [-0.1, -0.05) is 17.7 Å². The minimum atomic E-state index is -3.86. The lowest BCUT2D eigenvalue weighted by Gasteiger charge is -2.12. The molecular formula is C14H12ClN3O2S. The summed E-state index contributed by atoms with van der Waals surface area (Å²) in [5.41, 5.74) is 7.32. The molecule has 21 heavy (non-hydrogen) atoms. The maximum Gasteiger partial charge on any atom is 0.263 e. The van der Waals surface area contributed by atoms with Gasteiger partial charge in [-0.2, -0.15) is 5.26 Å². The molecule has 2 aromatic carbocycles. The van der Waals surface area contributed by atoms with Gasteiger partial charge in [0, 0.05) is 5.69 Å². The third-order valence-electron chi connectivity index (χ3n) is 2.86. The molecule has 0 aliphatic heterocycles. The molecule has 0 bridgehead atoms. The van der Waals surface area contributed by atoms with Crippen LogP contribution >= 0.6 is 11.6 Å². The normalized spacial score (nSPS) is 10.9. The van der Waals surface area contributed by atoms with Crippen LogP contribution in [-0.4, -0.2) is 8.42 Å². The van der Waals surface area contributed by atoms with Gasteiger partial charge in [0.2, 0.25) is 0 Å². The van der Waals surface area contributed by atoms with Gasteiger partial charge in [0.1, 0.15) is 4.90 Å². The van der Waals surface area contributed by atoms with Gasteiger partial charge >= 0.3 is 0 Å². The third kappa shape index (κ3) is 3.27. The molecule has 0 heterocycles. The summed E-state index contributed by atoms with van der Waals surface area (Å²) in [6.07, 6.45) is 0. The first-order valence-electron chi connectivity index (χ1n) is 5.92. The SMILES string of the molecule is Cc1ccc(C#N)cc1NS(=O)(=O)c1ccc(N)cc1Cl. The molecule has 108 valence electrons. The van der Waals surface area contributed by atoms with Crippen LogP contribution in [0.1, 0.15) is 11.1 Å². The summed E-state index contributed by atoms with van der Waals surface area (Å²) in [6, 6.07) is 10.9. The maximum atomic E-state index is 12.4.